The van der Waals surface area contributed by atoms with E-state index in [4.69, 9.17) is 9.47 Å². The van der Waals surface area contributed by atoms with E-state index in [0.717, 1.165) is 5.39 Å². The first kappa shape index (κ1) is 9.84. The van der Waals surface area contributed by atoms with Crippen molar-refractivity contribution in [3.63, 3.8) is 0 Å². The van der Waals surface area contributed by atoms with Gasteiger partial charge in [-0.05, 0) is 16.8 Å². The third-order valence-electron chi connectivity index (χ3n) is 2.73. The number of ether oxygens (including phenoxy) is 2. The molecule has 0 saturated heterocycles. The standard InChI is InChI=1S/C13H8O4/c14-12-10-6-5-8-3-1-2-4-9(8)11(10)13(15)17-7-16-12/h1-6H,7H2. The van der Waals surface area contributed by atoms with Crippen molar-refractivity contribution in [2.24, 2.45) is 0 Å². The van der Waals surface area contributed by atoms with Crippen LogP contribution in [0.3, 0.4) is 0 Å². The van der Waals surface area contributed by atoms with Crippen LogP contribution < -0.4 is 0 Å². The monoisotopic (exact) mass is 228 g/mol. The zero-order chi connectivity index (χ0) is 11.8. The van der Waals surface area contributed by atoms with E-state index in [2.05, 4.69) is 0 Å². The molecule has 84 valence electrons. The predicted octanol–water partition coefficient (Wildman–Crippen LogP) is 2.12. The molecule has 3 rings (SSSR count). The first-order valence-electron chi connectivity index (χ1n) is 5.13. The smallest absolute Gasteiger partial charge is 0.342 e. The number of benzene rings is 2. The number of fused-ring (bicyclic) bond motifs is 3. The molecule has 17 heavy (non-hydrogen) atoms. The average molecular weight is 228 g/mol. The van der Waals surface area contributed by atoms with E-state index in [1.54, 1.807) is 18.2 Å². The summed E-state index contributed by atoms with van der Waals surface area (Å²) in [7, 11) is 0. The second kappa shape index (κ2) is 3.59. The third-order valence-corrected chi connectivity index (χ3v) is 2.73. The molecule has 0 N–H and O–H groups in total. The Morgan fingerprint density at radius 1 is 0.882 bits per heavy atom. The molecule has 0 bridgehead atoms. The molecule has 0 radical (unpaired) electrons. The minimum absolute atomic E-state index is 0.256. The number of cyclic esters (lactones) is 2. The Morgan fingerprint density at radius 3 is 2.53 bits per heavy atom. The average Bonchev–Trinajstić information content (AvgIpc) is 2.50. The van der Waals surface area contributed by atoms with Gasteiger partial charge in [-0.15, -0.1) is 0 Å². The van der Waals surface area contributed by atoms with Crippen LogP contribution in [0.25, 0.3) is 10.8 Å². The number of esters is 2. The Bertz CT molecular complexity index is 630. The van der Waals surface area contributed by atoms with Crippen LogP contribution in [-0.4, -0.2) is 18.7 Å². The molecule has 4 nitrogen and oxygen atoms in total. The van der Waals surface area contributed by atoms with Gasteiger partial charge in [-0.3, -0.25) is 0 Å². The van der Waals surface area contributed by atoms with Crippen LogP contribution in [0.15, 0.2) is 36.4 Å². The highest BCUT2D eigenvalue weighted by atomic mass is 16.7. The van der Waals surface area contributed by atoms with Crippen molar-refractivity contribution in [2.75, 3.05) is 6.79 Å². The summed E-state index contributed by atoms with van der Waals surface area (Å²) in [6.07, 6.45) is 0. The van der Waals surface area contributed by atoms with Gasteiger partial charge in [0.05, 0.1) is 11.1 Å². The molecule has 2 aromatic rings. The molecule has 0 saturated carbocycles. The van der Waals surface area contributed by atoms with E-state index in [1.807, 2.05) is 18.2 Å². The van der Waals surface area contributed by atoms with Crippen molar-refractivity contribution < 1.29 is 19.1 Å². The second-order valence-electron chi connectivity index (χ2n) is 3.69. The molecule has 0 aliphatic carbocycles. The van der Waals surface area contributed by atoms with E-state index >= 15 is 0 Å². The summed E-state index contributed by atoms with van der Waals surface area (Å²) in [6.45, 7) is -0.333. The maximum atomic E-state index is 11.8. The molecular formula is C13H8O4. The van der Waals surface area contributed by atoms with E-state index < -0.39 is 11.9 Å². The SMILES string of the molecule is O=C1OCOC(=O)c2c1ccc1ccccc21. The lowest BCUT2D eigenvalue weighted by molar-refractivity contribution is -0.0123. The molecule has 0 unspecified atom stereocenters. The van der Waals surface area contributed by atoms with Gasteiger partial charge in [0, 0.05) is 0 Å². The fourth-order valence-corrected chi connectivity index (χ4v) is 1.95. The normalized spacial score (nSPS) is 14.8. The van der Waals surface area contributed by atoms with E-state index in [0.29, 0.717) is 5.39 Å². The molecule has 2 aromatic carbocycles. The molecule has 4 heteroatoms. The largest absolute Gasteiger partial charge is 0.424 e. The number of carbonyl (C=O) groups excluding carboxylic acids is 2. The lowest BCUT2D eigenvalue weighted by atomic mass is 9.99. The summed E-state index contributed by atoms with van der Waals surface area (Å²) in [5.41, 5.74) is 0.539. The van der Waals surface area contributed by atoms with Crippen LogP contribution in [-0.2, 0) is 9.47 Å². The van der Waals surface area contributed by atoms with Gasteiger partial charge < -0.3 is 9.47 Å². The summed E-state index contributed by atoms with van der Waals surface area (Å²) in [6, 6.07) is 10.7. The molecule has 0 aromatic heterocycles. The van der Waals surface area contributed by atoms with Crippen molar-refractivity contribution in [2.45, 2.75) is 0 Å². The lowest BCUT2D eigenvalue weighted by Crippen LogP contribution is -2.06. The quantitative estimate of drug-likeness (QED) is 0.648. The maximum Gasteiger partial charge on any atom is 0.342 e. The van der Waals surface area contributed by atoms with Gasteiger partial charge in [0.25, 0.3) is 0 Å². The zero-order valence-corrected chi connectivity index (χ0v) is 8.80. The molecule has 0 spiro atoms. The topological polar surface area (TPSA) is 52.6 Å². The summed E-state index contributed by atoms with van der Waals surface area (Å²) in [5, 5.41) is 1.59. The van der Waals surface area contributed by atoms with Crippen LogP contribution in [0, 0.1) is 0 Å². The summed E-state index contributed by atoms with van der Waals surface area (Å²) >= 11 is 0. The van der Waals surface area contributed by atoms with E-state index in [1.165, 1.54) is 0 Å². The van der Waals surface area contributed by atoms with Gasteiger partial charge in [-0.2, -0.15) is 0 Å². The molecule has 0 atom stereocenters. The number of rotatable bonds is 0. The van der Waals surface area contributed by atoms with Gasteiger partial charge in [0.1, 0.15) is 0 Å². The molecule has 1 heterocycles. The predicted molar refractivity (Wildman–Crippen MR) is 59.6 cm³/mol. The highest BCUT2D eigenvalue weighted by Gasteiger charge is 2.25. The zero-order valence-electron chi connectivity index (χ0n) is 8.80. The van der Waals surface area contributed by atoms with Crippen LogP contribution >= 0.6 is 0 Å². The molecule has 1 aliphatic heterocycles. The number of hydrogen-bond acceptors (Lipinski definition) is 4. The number of carbonyl (C=O) groups is 2. The maximum absolute atomic E-state index is 11.8. The van der Waals surface area contributed by atoms with E-state index in [-0.39, 0.29) is 17.9 Å². The Labute approximate surface area is 96.8 Å². The van der Waals surface area contributed by atoms with Crippen molar-refractivity contribution in [3.8, 4) is 0 Å². The number of hydrogen-bond donors (Lipinski definition) is 0. The van der Waals surface area contributed by atoms with Gasteiger partial charge in [0.15, 0.2) is 0 Å². The fraction of sp³-hybridized carbons (Fsp3) is 0.0769. The summed E-state index contributed by atoms with van der Waals surface area (Å²) < 4.78 is 9.59. The fourth-order valence-electron chi connectivity index (χ4n) is 1.95. The van der Waals surface area contributed by atoms with Crippen molar-refractivity contribution in [3.05, 3.63) is 47.5 Å². The lowest BCUT2D eigenvalue weighted by Gasteiger charge is -2.05. The third kappa shape index (κ3) is 1.45. The minimum atomic E-state index is -0.531. The van der Waals surface area contributed by atoms with Crippen LogP contribution in [0.4, 0.5) is 0 Å². The van der Waals surface area contributed by atoms with Crippen LogP contribution in [0.2, 0.25) is 0 Å². The van der Waals surface area contributed by atoms with Crippen molar-refractivity contribution in [1.29, 1.82) is 0 Å². The van der Waals surface area contributed by atoms with Gasteiger partial charge >= 0.3 is 11.9 Å². The molecule has 1 aliphatic rings. The van der Waals surface area contributed by atoms with Crippen molar-refractivity contribution >= 4 is 22.7 Å². The first-order valence-corrected chi connectivity index (χ1v) is 5.13. The highest BCUT2D eigenvalue weighted by molar-refractivity contribution is 6.13. The van der Waals surface area contributed by atoms with E-state index in [9.17, 15) is 9.59 Å². The summed E-state index contributed by atoms with van der Waals surface area (Å²) in [5.74, 6) is -1.06. The molecular weight excluding hydrogens is 220 g/mol. The Balaban J connectivity index is 2.40. The highest BCUT2D eigenvalue weighted by Crippen LogP contribution is 2.25. The molecule has 0 fully saturated rings. The minimum Gasteiger partial charge on any atom is -0.424 e. The van der Waals surface area contributed by atoms with Gasteiger partial charge in [-0.25, -0.2) is 9.59 Å². The Hall–Kier alpha value is -2.36. The van der Waals surface area contributed by atoms with Crippen LogP contribution in [0.5, 0.6) is 0 Å². The van der Waals surface area contributed by atoms with Crippen molar-refractivity contribution in [1.82, 2.24) is 0 Å². The van der Waals surface area contributed by atoms with Gasteiger partial charge in [-0.1, -0.05) is 30.3 Å². The Morgan fingerprint density at radius 2 is 1.65 bits per heavy atom. The Kier molecular flexibility index (Phi) is 2.08. The second-order valence-corrected chi connectivity index (χ2v) is 3.69. The van der Waals surface area contributed by atoms with Crippen LogP contribution in [0.1, 0.15) is 20.7 Å². The summed E-state index contributed by atoms with van der Waals surface area (Å²) in [4.78, 5) is 23.5. The van der Waals surface area contributed by atoms with Gasteiger partial charge in [0.2, 0.25) is 6.79 Å². The first-order chi connectivity index (χ1) is 8.27. The molecule has 0 amide bonds.